The van der Waals surface area contributed by atoms with Crippen molar-refractivity contribution >= 4 is 5.97 Å². The summed E-state index contributed by atoms with van der Waals surface area (Å²) in [4.78, 5) is 16.3. The molecule has 1 atom stereocenters. The Morgan fingerprint density at radius 2 is 1.82 bits per heavy atom. The molecule has 22 heavy (non-hydrogen) atoms. The molecule has 0 aliphatic heterocycles. The molecule has 1 heterocycles. The second-order valence-corrected chi connectivity index (χ2v) is 5.99. The molecule has 0 amide bonds. The van der Waals surface area contributed by atoms with E-state index < -0.39 is 0 Å². The largest absolute Gasteiger partial charge is 0.459 e. The minimum atomic E-state index is -0.267. The maximum atomic E-state index is 12.1. The molecule has 0 radical (unpaired) electrons. The van der Waals surface area contributed by atoms with Crippen molar-refractivity contribution in [3.05, 3.63) is 65.5 Å². The van der Waals surface area contributed by atoms with Crippen molar-refractivity contribution in [2.75, 3.05) is 0 Å². The number of nitrogens with zero attached hydrogens (tertiary/aromatic N) is 1. The van der Waals surface area contributed by atoms with E-state index in [-0.39, 0.29) is 18.5 Å². The molecule has 2 rings (SSSR count). The number of pyridine rings is 1. The molecule has 1 aromatic heterocycles. The van der Waals surface area contributed by atoms with Gasteiger partial charge in [-0.15, -0.1) is 0 Å². The van der Waals surface area contributed by atoms with E-state index in [1.807, 2.05) is 37.3 Å². The van der Waals surface area contributed by atoms with Gasteiger partial charge in [0.25, 0.3) is 0 Å². The second kappa shape index (κ2) is 7.74. The van der Waals surface area contributed by atoms with Gasteiger partial charge in [-0.3, -0.25) is 9.78 Å². The Hall–Kier alpha value is -2.16. The normalized spacial score (nSPS) is 12.2. The molecule has 0 aliphatic carbocycles. The highest BCUT2D eigenvalue weighted by atomic mass is 16.5. The Morgan fingerprint density at radius 1 is 1.09 bits per heavy atom. The number of rotatable bonds is 6. The molecule has 116 valence electrons. The summed E-state index contributed by atoms with van der Waals surface area (Å²) in [6.45, 7) is 6.49. The summed E-state index contributed by atoms with van der Waals surface area (Å²) in [5, 5.41) is 0. The van der Waals surface area contributed by atoms with E-state index in [1.54, 1.807) is 6.20 Å². The minimum Gasteiger partial charge on any atom is -0.459 e. The van der Waals surface area contributed by atoms with Gasteiger partial charge in [-0.25, -0.2) is 0 Å². The van der Waals surface area contributed by atoms with Gasteiger partial charge in [-0.2, -0.15) is 0 Å². The summed E-state index contributed by atoms with van der Waals surface area (Å²) in [7, 11) is 0. The van der Waals surface area contributed by atoms with Crippen molar-refractivity contribution in [2.24, 2.45) is 5.92 Å². The molecular formula is C19H23NO2. The molecule has 0 bridgehead atoms. The monoisotopic (exact) mass is 297 g/mol. The fraction of sp³-hybridized carbons (Fsp3) is 0.368. The van der Waals surface area contributed by atoms with Crippen molar-refractivity contribution < 1.29 is 9.53 Å². The summed E-state index contributed by atoms with van der Waals surface area (Å²) in [6.07, 6.45) is 2.75. The molecule has 0 saturated carbocycles. The minimum absolute atomic E-state index is 0.218. The van der Waals surface area contributed by atoms with Gasteiger partial charge >= 0.3 is 5.97 Å². The Bertz CT molecular complexity index is 591. The van der Waals surface area contributed by atoms with Crippen LogP contribution in [0.4, 0.5) is 0 Å². The van der Waals surface area contributed by atoms with Crippen molar-refractivity contribution in [1.29, 1.82) is 0 Å². The first kappa shape index (κ1) is 16.2. The lowest BCUT2D eigenvalue weighted by Crippen LogP contribution is -2.13. The molecule has 0 spiro atoms. The predicted molar refractivity (Wildman–Crippen MR) is 87.4 cm³/mol. The van der Waals surface area contributed by atoms with Crippen LogP contribution < -0.4 is 0 Å². The molecule has 0 N–H and O–H groups in total. The van der Waals surface area contributed by atoms with E-state index in [0.717, 1.165) is 17.7 Å². The average molecular weight is 297 g/mol. The zero-order valence-corrected chi connectivity index (χ0v) is 13.5. The number of carbonyl (C=O) groups is 1. The summed E-state index contributed by atoms with van der Waals surface area (Å²) in [6, 6.07) is 13.8. The van der Waals surface area contributed by atoms with Crippen LogP contribution in [0.25, 0.3) is 0 Å². The van der Waals surface area contributed by atoms with Gasteiger partial charge in [0.05, 0.1) is 11.6 Å². The first-order valence-electron chi connectivity index (χ1n) is 7.71. The average Bonchev–Trinajstić information content (AvgIpc) is 2.53. The van der Waals surface area contributed by atoms with Crippen LogP contribution in [0, 0.1) is 5.92 Å². The molecule has 3 nitrogen and oxygen atoms in total. The highest BCUT2D eigenvalue weighted by molar-refractivity contribution is 5.77. The number of hydrogen-bond donors (Lipinski definition) is 0. The molecule has 2 aromatic rings. The van der Waals surface area contributed by atoms with Crippen LogP contribution in [-0.2, 0) is 22.6 Å². The van der Waals surface area contributed by atoms with Gasteiger partial charge in [0, 0.05) is 6.20 Å². The quantitative estimate of drug-likeness (QED) is 0.753. The van der Waals surface area contributed by atoms with E-state index >= 15 is 0 Å². The van der Waals surface area contributed by atoms with E-state index in [4.69, 9.17) is 4.74 Å². The number of benzene rings is 1. The molecule has 0 unspecified atom stereocenters. The van der Waals surface area contributed by atoms with Crippen molar-refractivity contribution in [3.63, 3.8) is 0 Å². The van der Waals surface area contributed by atoms with Gasteiger partial charge in [0.1, 0.15) is 6.61 Å². The molecule has 1 aromatic carbocycles. The van der Waals surface area contributed by atoms with Crippen molar-refractivity contribution in [2.45, 2.75) is 39.7 Å². The third kappa shape index (κ3) is 4.69. The molecular weight excluding hydrogens is 274 g/mol. The summed E-state index contributed by atoms with van der Waals surface area (Å²) in [5.74, 6) is 0.144. The smallest absolute Gasteiger partial charge is 0.313 e. The third-order valence-corrected chi connectivity index (χ3v) is 3.57. The van der Waals surface area contributed by atoms with Gasteiger partial charge in [0.2, 0.25) is 0 Å². The topological polar surface area (TPSA) is 39.2 Å². The van der Waals surface area contributed by atoms with Crippen LogP contribution in [0.3, 0.4) is 0 Å². The van der Waals surface area contributed by atoms with E-state index in [0.29, 0.717) is 5.92 Å². The van der Waals surface area contributed by atoms with Crippen LogP contribution in [0.5, 0.6) is 0 Å². The van der Waals surface area contributed by atoms with Crippen LogP contribution in [0.15, 0.2) is 48.7 Å². The number of hydrogen-bond acceptors (Lipinski definition) is 3. The SMILES string of the molecule is CC(C)Cc1ccc([C@@H](C)C(=O)OCc2ccccn2)cc1. The Labute approximate surface area is 132 Å². The van der Waals surface area contributed by atoms with Crippen molar-refractivity contribution in [1.82, 2.24) is 4.98 Å². The Kier molecular flexibility index (Phi) is 5.70. The lowest BCUT2D eigenvalue weighted by atomic mass is 9.97. The molecule has 0 fully saturated rings. The van der Waals surface area contributed by atoms with Crippen LogP contribution in [-0.4, -0.2) is 11.0 Å². The molecule has 3 heteroatoms. The summed E-state index contributed by atoms with van der Waals surface area (Å²) >= 11 is 0. The number of carbonyl (C=O) groups excluding carboxylic acids is 1. The fourth-order valence-electron chi connectivity index (χ4n) is 2.30. The lowest BCUT2D eigenvalue weighted by Gasteiger charge is -2.13. The lowest BCUT2D eigenvalue weighted by molar-refractivity contribution is -0.146. The zero-order chi connectivity index (χ0) is 15.9. The fourth-order valence-corrected chi connectivity index (χ4v) is 2.30. The zero-order valence-electron chi connectivity index (χ0n) is 13.5. The second-order valence-electron chi connectivity index (χ2n) is 5.99. The van der Waals surface area contributed by atoms with E-state index in [9.17, 15) is 4.79 Å². The third-order valence-electron chi connectivity index (χ3n) is 3.57. The van der Waals surface area contributed by atoms with Gasteiger partial charge in [0.15, 0.2) is 0 Å². The number of ether oxygens (including phenoxy) is 1. The van der Waals surface area contributed by atoms with Gasteiger partial charge < -0.3 is 4.74 Å². The summed E-state index contributed by atoms with van der Waals surface area (Å²) in [5.41, 5.74) is 3.04. The first-order valence-corrected chi connectivity index (χ1v) is 7.71. The Balaban J connectivity index is 1.92. The maximum absolute atomic E-state index is 12.1. The van der Waals surface area contributed by atoms with Gasteiger partial charge in [-0.05, 0) is 42.5 Å². The van der Waals surface area contributed by atoms with Crippen LogP contribution >= 0.6 is 0 Å². The van der Waals surface area contributed by atoms with Crippen LogP contribution in [0.2, 0.25) is 0 Å². The molecule has 0 saturated heterocycles. The van der Waals surface area contributed by atoms with Crippen molar-refractivity contribution in [3.8, 4) is 0 Å². The van der Waals surface area contributed by atoms with E-state index in [2.05, 4.69) is 31.0 Å². The van der Waals surface area contributed by atoms with Gasteiger partial charge in [-0.1, -0.05) is 44.2 Å². The van der Waals surface area contributed by atoms with E-state index in [1.165, 1.54) is 5.56 Å². The first-order chi connectivity index (χ1) is 10.6. The standard InChI is InChI=1S/C19H23NO2/c1-14(2)12-16-7-9-17(10-8-16)15(3)19(21)22-13-18-6-4-5-11-20-18/h4-11,14-15H,12-13H2,1-3H3/t15-/m1/s1. The maximum Gasteiger partial charge on any atom is 0.313 e. The summed E-state index contributed by atoms with van der Waals surface area (Å²) < 4.78 is 5.34. The highest BCUT2D eigenvalue weighted by Gasteiger charge is 2.17. The van der Waals surface area contributed by atoms with Crippen LogP contribution in [0.1, 0.15) is 43.5 Å². The number of aromatic nitrogens is 1. The Morgan fingerprint density at radius 3 is 2.41 bits per heavy atom. The number of esters is 1. The highest BCUT2D eigenvalue weighted by Crippen LogP contribution is 2.19. The predicted octanol–water partition coefficient (Wildman–Crippen LogP) is 4.13. The molecule has 0 aliphatic rings.